The van der Waals surface area contributed by atoms with Crippen molar-refractivity contribution >= 4 is 53.2 Å². The molecule has 0 atom stereocenters. The number of ether oxygens (including phenoxy) is 1. The Hall–Kier alpha value is -1.50. The first-order valence-corrected chi connectivity index (χ1v) is 9.92. The Morgan fingerprint density at radius 1 is 1.12 bits per heavy atom. The van der Waals surface area contributed by atoms with E-state index in [1.165, 1.54) is 23.5 Å². The summed E-state index contributed by atoms with van der Waals surface area (Å²) in [6.45, 7) is -0.0411. The summed E-state index contributed by atoms with van der Waals surface area (Å²) >= 11 is 3.98. The monoisotopic (exact) mass is 396 g/mol. The van der Waals surface area contributed by atoms with Crippen molar-refractivity contribution in [2.75, 3.05) is 29.2 Å². The standard InChI is InChI=1S/C18H20N2O2S2.ClH/c19-15-4-1-2-5-16(15)20-17(21)12-22-14-8-6-13(7-9-14)18-23-10-3-11-24-18;/h1-2,4-9,18H,3,10-12,19H2,(H,20,21);1H. The number of hydrogen-bond acceptors (Lipinski definition) is 5. The minimum atomic E-state index is -0.227. The lowest BCUT2D eigenvalue weighted by Gasteiger charge is -2.21. The maximum Gasteiger partial charge on any atom is 0.262 e. The maximum absolute atomic E-state index is 12.0. The first-order chi connectivity index (χ1) is 11.7. The van der Waals surface area contributed by atoms with Crippen LogP contribution >= 0.6 is 35.9 Å². The van der Waals surface area contributed by atoms with Gasteiger partial charge in [0.15, 0.2) is 6.61 Å². The van der Waals surface area contributed by atoms with E-state index in [0.717, 1.165) is 0 Å². The first-order valence-electron chi connectivity index (χ1n) is 7.83. The smallest absolute Gasteiger partial charge is 0.262 e. The van der Waals surface area contributed by atoms with Crippen molar-refractivity contribution in [1.82, 2.24) is 0 Å². The van der Waals surface area contributed by atoms with E-state index in [0.29, 0.717) is 21.7 Å². The zero-order valence-corrected chi connectivity index (χ0v) is 16.1. The van der Waals surface area contributed by atoms with Crippen molar-refractivity contribution in [1.29, 1.82) is 0 Å². The summed E-state index contributed by atoms with van der Waals surface area (Å²) in [5.74, 6) is 2.91. The highest BCUT2D eigenvalue weighted by Gasteiger charge is 2.16. The number of carbonyl (C=O) groups excluding carboxylic acids is 1. The molecule has 2 aromatic carbocycles. The highest BCUT2D eigenvalue weighted by atomic mass is 35.5. The summed E-state index contributed by atoms with van der Waals surface area (Å²) in [6.07, 6.45) is 1.29. The van der Waals surface area contributed by atoms with Crippen LogP contribution in [-0.2, 0) is 4.79 Å². The Labute approximate surface area is 162 Å². The summed E-state index contributed by atoms with van der Waals surface area (Å²) in [4.78, 5) is 12.0. The Bertz CT molecular complexity index is 692. The molecule has 1 amide bonds. The van der Waals surface area contributed by atoms with E-state index in [-0.39, 0.29) is 24.9 Å². The summed E-state index contributed by atoms with van der Waals surface area (Å²) in [7, 11) is 0. The van der Waals surface area contributed by atoms with Crippen LogP contribution in [0.3, 0.4) is 0 Å². The average Bonchev–Trinajstić information content (AvgIpc) is 2.63. The summed E-state index contributed by atoms with van der Waals surface area (Å²) in [5.41, 5.74) is 8.25. The second-order valence-electron chi connectivity index (χ2n) is 5.42. The second kappa shape index (κ2) is 9.85. The Balaban J connectivity index is 0.00000225. The van der Waals surface area contributed by atoms with Crippen LogP contribution in [-0.4, -0.2) is 24.0 Å². The third-order valence-corrected chi connectivity index (χ3v) is 6.60. The number of carbonyl (C=O) groups is 1. The molecule has 1 heterocycles. The van der Waals surface area contributed by atoms with E-state index in [9.17, 15) is 4.79 Å². The predicted octanol–water partition coefficient (Wildman–Crippen LogP) is 4.58. The number of hydrogen-bond donors (Lipinski definition) is 2. The molecule has 25 heavy (non-hydrogen) atoms. The molecule has 4 nitrogen and oxygen atoms in total. The van der Waals surface area contributed by atoms with E-state index in [2.05, 4.69) is 17.4 Å². The van der Waals surface area contributed by atoms with Gasteiger partial charge in [-0.05, 0) is 47.8 Å². The molecule has 0 aromatic heterocycles. The lowest BCUT2D eigenvalue weighted by atomic mass is 10.2. The van der Waals surface area contributed by atoms with Gasteiger partial charge >= 0.3 is 0 Å². The van der Waals surface area contributed by atoms with Crippen LogP contribution < -0.4 is 15.8 Å². The molecular formula is C18H21ClN2O2S2. The fourth-order valence-corrected chi connectivity index (χ4v) is 5.24. The van der Waals surface area contributed by atoms with Gasteiger partial charge in [0.25, 0.3) is 5.91 Å². The number of para-hydroxylation sites is 2. The molecule has 1 aliphatic rings. The fourth-order valence-electron chi connectivity index (χ4n) is 2.35. The number of halogens is 1. The third kappa shape index (κ3) is 5.76. The van der Waals surface area contributed by atoms with E-state index in [1.807, 2.05) is 47.8 Å². The number of rotatable bonds is 5. The van der Waals surface area contributed by atoms with Crippen molar-refractivity contribution in [3.05, 3.63) is 54.1 Å². The van der Waals surface area contributed by atoms with Gasteiger partial charge in [-0.3, -0.25) is 4.79 Å². The van der Waals surface area contributed by atoms with E-state index < -0.39 is 0 Å². The van der Waals surface area contributed by atoms with Gasteiger partial charge in [0.1, 0.15) is 5.75 Å². The topological polar surface area (TPSA) is 64.3 Å². The van der Waals surface area contributed by atoms with Crippen LogP contribution in [0.4, 0.5) is 11.4 Å². The molecule has 1 aliphatic heterocycles. The van der Waals surface area contributed by atoms with Crippen LogP contribution in [0.5, 0.6) is 5.75 Å². The van der Waals surface area contributed by atoms with Crippen LogP contribution in [0.1, 0.15) is 16.6 Å². The summed E-state index contributed by atoms with van der Waals surface area (Å²) < 4.78 is 6.07. The fraction of sp³-hybridized carbons (Fsp3) is 0.278. The molecule has 0 spiro atoms. The molecule has 0 radical (unpaired) electrons. The van der Waals surface area contributed by atoms with Gasteiger partial charge in [0, 0.05) is 0 Å². The van der Waals surface area contributed by atoms with Crippen molar-refractivity contribution in [2.24, 2.45) is 0 Å². The minimum absolute atomic E-state index is 0. The Kier molecular flexibility index (Phi) is 7.81. The van der Waals surface area contributed by atoms with Crippen LogP contribution in [0, 0.1) is 0 Å². The highest BCUT2D eigenvalue weighted by molar-refractivity contribution is 8.16. The molecule has 134 valence electrons. The quantitative estimate of drug-likeness (QED) is 0.724. The normalized spacial score (nSPS) is 14.4. The molecule has 0 bridgehead atoms. The van der Waals surface area contributed by atoms with Crippen LogP contribution in [0.25, 0.3) is 0 Å². The van der Waals surface area contributed by atoms with Gasteiger partial charge in [0.2, 0.25) is 0 Å². The van der Waals surface area contributed by atoms with Crippen LogP contribution in [0.15, 0.2) is 48.5 Å². The van der Waals surface area contributed by atoms with Crippen LogP contribution in [0.2, 0.25) is 0 Å². The number of nitrogen functional groups attached to an aromatic ring is 1. The molecule has 1 saturated heterocycles. The second-order valence-corrected chi connectivity index (χ2v) is 8.14. The van der Waals surface area contributed by atoms with E-state index in [4.69, 9.17) is 10.5 Å². The summed E-state index contributed by atoms with van der Waals surface area (Å²) in [6, 6.07) is 15.2. The molecule has 7 heteroatoms. The molecule has 0 saturated carbocycles. The van der Waals surface area contributed by atoms with Gasteiger partial charge in [-0.15, -0.1) is 35.9 Å². The number of thioether (sulfide) groups is 2. The maximum atomic E-state index is 12.0. The van der Waals surface area contributed by atoms with E-state index in [1.54, 1.807) is 12.1 Å². The molecule has 3 N–H and O–H groups in total. The molecule has 2 aromatic rings. The zero-order chi connectivity index (χ0) is 16.8. The summed E-state index contributed by atoms with van der Waals surface area (Å²) in [5, 5.41) is 2.75. The SMILES string of the molecule is Cl.Nc1ccccc1NC(=O)COc1ccc(C2SCCCS2)cc1. The minimum Gasteiger partial charge on any atom is -0.484 e. The molecule has 1 fully saturated rings. The third-order valence-electron chi connectivity index (χ3n) is 3.58. The Morgan fingerprint density at radius 3 is 2.48 bits per heavy atom. The molecular weight excluding hydrogens is 376 g/mol. The van der Waals surface area contributed by atoms with Crippen molar-refractivity contribution < 1.29 is 9.53 Å². The molecule has 0 aliphatic carbocycles. The van der Waals surface area contributed by atoms with Gasteiger partial charge in [-0.25, -0.2) is 0 Å². The number of nitrogens with one attached hydrogen (secondary N) is 1. The largest absolute Gasteiger partial charge is 0.484 e. The predicted molar refractivity (Wildman–Crippen MR) is 111 cm³/mol. The number of anilines is 2. The number of amides is 1. The van der Waals surface area contributed by atoms with Crippen molar-refractivity contribution in [2.45, 2.75) is 11.0 Å². The van der Waals surface area contributed by atoms with Gasteiger partial charge < -0.3 is 15.8 Å². The molecule has 0 unspecified atom stereocenters. The van der Waals surface area contributed by atoms with Gasteiger partial charge in [-0.2, -0.15) is 0 Å². The number of nitrogens with two attached hydrogens (primary N) is 1. The van der Waals surface area contributed by atoms with Crippen molar-refractivity contribution in [3.8, 4) is 5.75 Å². The average molecular weight is 397 g/mol. The Morgan fingerprint density at radius 2 is 1.80 bits per heavy atom. The first kappa shape index (κ1) is 19.8. The highest BCUT2D eigenvalue weighted by Crippen LogP contribution is 2.43. The van der Waals surface area contributed by atoms with Gasteiger partial charge in [0.05, 0.1) is 16.0 Å². The van der Waals surface area contributed by atoms with Crippen molar-refractivity contribution in [3.63, 3.8) is 0 Å². The van der Waals surface area contributed by atoms with Gasteiger partial charge in [-0.1, -0.05) is 24.3 Å². The lowest BCUT2D eigenvalue weighted by molar-refractivity contribution is -0.118. The molecule has 3 rings (SSSR count). The van der Waals surface area contributed by atoms with E-state index >= 15 is 0 Å². The zero-order valence-electron chi connectivity index (χ0n) is 13.6. The number of benzene rings is 2. The lowest BCUT2D eigenvalue weighted by Crippen LogP contribution is -2.20.